The van der Waals surface area contributed by atoms with Crippen LogP contribution in [0.5, 0.6) is 0 Å². The molecule has 2 aromatic heterocycles. The predicted octanol–water partition coefficient (Wildman–Crippen LogP) is 2.71. The topological polar surface area (TPSA) is 54.9 Å². The van der Waals surface area contributed by atoms with Crippen molar-refractivity contribution in [2.45, 2.75) is 33.7 Å². The summed E-state index contributed by atoms with van der Waals surface area (Å²) in [6.45, 7) is 6.48. The molecule has 2 aromatic rings. The lowest BCUT2D eigenvalue weighted by Crippen LogP contribution is -2.23. The van der Waals surface area contributed by atoms with E-state index in [1.165, 1.54) is 11.3 Å². The van der Waals surface area contributed by atoms with Gasteiger partial charge >= 0.3 is 0 Å². The molecule has 0 unspecified atom stereocenters. The van der Waals surface area contributed by atoms with Crippen molar-refractivity contribution < 1.29 is 4.79 Å². The van der Waals surface area contributed by atoms with Crippen molar-refractivity contribution in [3.8, 4) is 0 Å². The Balaban J connectivity index is 2.01. The standard InChI is InChI=1S/C12H15N3OS2/c1-4-9-11(18-8(3)15-9)5-13-12(16)10-6-17-7(2)14-10/h6H,4-5H2,1-3H3,(H,13,16). The molecule has 0 fully saturated rings. The number of nitrogens with zero attached hydrogens (tertiary/aromatic N) is 2. The summed E-state index contributed by atoms with van der Waals surface area (Å²) in [6, 6.07) is 0. The zero-order chi connectivity index (χ0) is 13.1. The predicted molar refractivity (Wildman–Crippen MR) is 74.3 cm³/mol. The first-order chi connectivity index (χ1) is 8.60. The molecular weight excluding hydrogens is 266 g/mol. The van der Waals surface area contributed by atoms with Gasteiger partial charge in [0, 0.05) is 10.3 Å². The van der Waals surface area contributed by atoms with Crippen molar-refractivity contribution in [3.05, 3.63) is 31.7 Å². The van der Waals surface area contributed by atoms with E-state index in [1.54, 1.807) is 16.7 Å². The van der Waals surface area contributed by atoms with Gasteiger partial charge in [-0.1, -0.05) is 6.92 Å². The second-order valence-electron chi connectivity index (χ2n) is 3.89. The molecule has 0 aromatic carbocycles. The van der Waals surface area contributed by atoms with Gasteiger partial charge < -0.3 is 5.32 Å². The van der Waals surface area contributed by atoms with E-state index in [-0.39, 0.29) is 5.91 Å². The first kappa shape index (κ1) is 13.2. The minimum atomic E-state index is -0.118. The van der Waals surface area contributed by atoms with E-state index >= 15 is 0 Å². The maximum Gasteiger partial charge on any atom is 0.271 e. The minimum Gasteiger partial charge on any atom is -0.346 e. The fourth-order valence-corrected chi connectivity index (χ4v) is 3.20. The van der Waals surface area contributed by atoms with Crippen LogP contribution in [-0.4, -0.2) is 15.9 Å². The third-order valence-corrected chi connectivity index (χ3v) is 4.27. The number of rotatable bonds is 4. The average Bonchev–Trinajstić information content (AvgIpc) is 2.92. The first-order valence-electron chi connectivity index (χ1n) is 5.75. The second kappa shape index (κ2) is 5.58. The molecule has 6 heteroatoms. The molecule has 18 heavy (non-hydrogen) atoms. The number of aromatic nitrogens is 2. The van der Waals surface area contributed by atoms with Gasteiger partial charge in [-0.3, -0.25) is 4.79 Å². The number of nitrogens with one attached hydrogen (secondary N) is 1. The maximum absolute atomic E-state index is 11.9. The summed E-state index contributed by atoms with van der Waals surface area (Å²) in [6.07, 6.45) is 0.894. The van der Waals surface area contributed by atoms with Gasteiger partial charge in [-0.25, -0.2) is 9.97 Å². The lowest BCUT2D eigenvalue weighted by molar-refractivity contribution is 0.0947. The maximum atomic E-state index is 11.9. The van der Waals surface area contributed by atoms with E-state index in [2.05, 4.69) is 22.2 Å². The fourth-order valence-electron chi connectivity index (χ4n) is 1.65. The molecule has 0 aliphatic carbocycles. The summed E-state index contributed by atoms with van der Waals surface area (Å²) < 4.78 is 0. The summed E-state index contributed by atoms with van der Waals surface area (Å²) >= 11 is 3.12. The third-order valence-electron chi connectivity index (χ3n) is 2.48. The molecule has 96 valence electrons. The Bertz CT molecular complexity index is 559. The quantitative estimate of drug-likeness (QED) is 0.937. The lowest BCUT2D eigenvalue weighted by Gasteiger charge is -2.02. The minimum absolute atomic E-state index is 0.118. The highest BCUT2D eigenvalue weighted by molar-refractivity contribution is 7.11. The summed E-state index contributed by atoms with van der Waals surface area (Å²) in [5.41, 5.74) is 1.57. The molecule has 0 atom stereocenters. The SMILES string of the molecule is CCc1nc(C)sc1CNC(=O)c1csc(C)n1. The molecule has 4 nitrogen and oxygen atoms in total. The number of amides is 1. The smallest absolute Gasteiger partial charge is 0.271 e. The molecule has 0 radical (unpaired) electrons. The van der Waals surface area contributed by atoms with Gasteiger partial charge in [-0.05, 0) is 20.3 Å². The van der Waals surface area contributed by atoms with Gasteiger partial charge in [0.1, 0.15) is 5.69 Å². The Hall–Kier alpha value is -1.27. The highest BCUT2D eigenvalue weighted by Crippen LogP contribution is 2.18. The van der Waals surface area contributed by atoms with Gasteiger partial charge in [0.05, 0.1) is 22.3 Å². The van der Waals surface area contributed by atoms with E-state index < -0.39 is 0 Å². The van der Waals surface area contributed by atoms with Gasteiger partial charge in [-0.15, -0.1) is 22.7 Å². The molecule has 0 aliphatic rings. The number of hydrogen-bond acceptors (Lipinski definition) is 5. The van der Waals surface area contributed by atoms with Crippen LogP contribution in [-0.2, 0) is 13.0 Å². The number of aryl methyl sites for hydroxylation is 3. The van der Waals surface area contributed by atoms with Crippen molar-refractivity contribution >= 4 is 28.6 Å². The first-order valence-corrected chi connectivity index (χ1v) is 7.45. The highest BCUT2D eigenvalue weighted by atomic mass is 32.1. The van der Waals surface area contributed by atoms with E-state index in [0.717, 1.165) is 27.0 Å². The molecular formula is C12H15N3OS2. The van der Waals surface area contributed by atoms with Gasteiger partial charge in [0.25, 0.3) is 5.91 Å². The Morgan fingerprint density at radius 3 is 2.72 bits per heavy atom. The Morgan fingerprint density at radius 2 is 2.11 bits per heavy atom. The van der Waals surface area contributed by atoms with Gasteiger partial charge in [-0.2, -0.15) is 0 Å². The van der Waals surface area contributed by atoms with Crippen molar-refractivity contribution in [2.75, 3.05) is 0 Å². The van der Waals surface area contributed by atoms with Crippen molar-refractivity contribution in [2.24, 2.45) is 0 Å². The Labute approximate surface area is 114 Å². The number of carbonyl (C=O) groups is 1. The Morgan fingerprint density at radius 1 is 1.33 bits per heavy atom. The molecule has 0 aliphatic heterocycles. The molecule has 0 saturated heterocycles. The van der Waals surface area contributed by atoms with E-state index in [0.29, 0.717) is 12.2 Å². The molecule has 0 saturated carbocycles. The fraction of sp³-hybridized carbons (Fsp3) is 0.417. The van der Waals surface area contributed by atoms with Crippen LogP contribution in [0.1, 0.15) is 38.0 Å². The molecule has 0 spiro atoms. The summed E-state index contributed by atoms with van der Waals surface area (Å²) in [4.78, 5) is 21.6. The summed E-state index contributed by atoms with van der Waals surface area (Å²) in [7, 11) is 0. The second-order valence-corrected chi connectivity index (χ2v) is 6.24. The third kappa shape index (κ3) is 2.94. The van der Waals surface area contributed by atoms with Gasteiger partial charge in [0.2, 0.25) is 0 Å². The van der Waals surface area contributed by atoms with Crippen molar-refractivity contribution in [1.82, 2.24) is 15.3 Å². The molecule has 1 amide bonds. The van der Waals surface area contributed by atoms with Crippen LogP contribution in [0.4, 0.5) is 0 Å². The van der Waals surface area contributed by atoms with Crippen LogP contribution in [0.3, 0.4) is 0 Å². The van der Waals surface area contributed by atoms with Crippen LogP contribution < -0.4 is 5.32 Å². The average molecular weight is 281 g/mol. The van der Waals surface area contributed by atoms with E-state index in [9.17, 15) is 4.79 Å². The van der Waals surface area contributed by atoms with Crippen LogP contribution in [0.25, 0.3) is 0 Å². The monoisotopic (exact) mass is 281 g/mol. The van der Waals surface area contributed by atoms with Crippen molar-refractivity contribution in [3.63, 3.8) is 0 Å². The van der Waals surface area contributed by atoms with Crippen molar-refractivity contribution in [1.29, 1.82) is 0 Å². The number of carbonyl (C=O) groups excluding carboxylic acids is 1. The van der Waals surface area contributed by atoms with Gasteiger partial charge in [0.15, 0.2) is 0 Å². The molecule has 0 bridgehead atoms. The van der Waals surface area contributed by atoms with E-state index in [4.69, 9.17) is 0 Å². The normalized spacial score (nSPS) is 10.6. The zero-order valence-corrected chi connectivity index (χ0v) is 12.2. The Kier molecular flexibility index (Phi) is 4.08. The summed E-state index contributed by atoms with van der Waals surface area (Å²) in [5, 5.41) is 6.62. The molecule has 2 rings (SSSR count). The van der Waals surface area contributed by atoms with Crippen LogP contribution in [0.15, 0.2) is 5.38 Å². The number of hydrogen-bond donors (Lipinski definition) is 1. The van der Waals surface area contributed by atoms with Crippen LogP contribution >= 0.6 is 22.7 Å². The molecule has 2 heterocycles. The highest BCUT2D eigenvalue weighted by Gasteiger charge is 2.12. The largest absolute Gasteiger partial charge is 0.346 e. The van der Waals surface area contributed by atoms with Crippen LogP contribution in [0, 0.1) is 13.8 Å². The lowest BCUT2D eigenvalue weighted by atomic mass is 10.3. The van der Waals surface area contributed by atoms with Crippen LogP contribution in [0.2, 0.25) is 0 Å². The summed E-state index contributed by atoms with van der Waals surface area (Å²) in [5.74, 6) is -0.118. The molecule has 1 N–H and O–H groups in total. The zero-order valence-electron chi connectivity index (χ0n) is 10.6. The van der Waals surface area contributed by atoms with E-state index in [1.807, 2.05) is 13.8 Å². The number of thiazole rings is 2.